The highest BCUT2D eigenvalue weighted by atomic mass is 35.5. The summed E-state index contributed by atoms with van der Waals surface area (Å²) in [6.07, 6.45) is 3.03. The van der Waals surface area contributed by atoms with Crippen LogP contribution in [0.2, 0.25) is 5.02 Å². The molecule has 1 nitrogen and oxygen atoms in total. The predicted octanol–water partition coefficient (Wildman–Crippen LogP) is 3.01. The third-order valence-corrected chi connectivity index (χ3v) is 2.64. The van der Waals surface area contributed by atoms with E-state index in [-0.39, 0.29) is 0 Å². The molecule has 0 fully saturated rings. The Balaban J connectivity index is 2.50. The van der Waals surface area contributed by atoms with Crippen LogP contribution in [0.4, 0.5) is 0 Å². The molecule has 0 spiro atoms. The van der Waals surface area contributed by atoms with E-state index >= 15 is 0 Å². The van der Waals surface area contributed by atoms with Crippen LogP contribution in [0.3, 0.4) is 0 Å². The predicted molar refractivity (Wildman–Crippen MR) is 58.0 cm³/mol. The zero-order chi connectivity index (χ0) is 9.68. The number of rotatable bonds is 4. The van der Waals surface area contributed by atoms with Gasteiger partial charge in [0.15, 0.2) is 0 Å². The maximum absolute atomic E-state index is 6.01. The molecule has 0 aliphatic heterocycles. The van der Waals surface area contributed by atoms with Crippen LogP contribution in [0.5, 0.6) is 0 Å². The molecule has 1 aromatic carbocycles. The number of hydrogen-bond donors (Lipinski definition) is 1. The van der Waals surface area contributed by atoms with Crippen LogP contribution in [0.15, 0.2) is 24.3 Å². The summed E-state index contributed by atoms with van der Waals surface area (Å²) in [6.45, 7) is 2.11. The van der Waals surface area contributed by atoms with E-state index in [1.54, 1.807) is 0 Å². The highest BCUT2D eigenvalue weighted by Crippen LogP contribution is 2.17. The summed E-state index contributed by atoms with van der Waals surface area (Å²) in [4.78, 5) is 0. The number of aryl methyl sites for hydroxylation is 1. The molecule has 0 aromatic heterocycles. The topological polar surface area (TPSA) is 26.0 Å². The molecule has 2 N–H and O–H groups in total. The largest absolute Gasteiger partial charge is 0.328 e. The fourth-order valence-corrected chi connectivity index (χ4v) is 1.48. The molecule has 1 aromatic rings. The van der Waals surface area contributed by atoms with Gasteiger partial charge < -0.3 is 5.73 Å². The monoisotopic (exact) mass is 197 g/mol. The molecule has 13 heavy (non-hydrogen) atoms. The van der Waals surface area contributed by atoms with Crippen molar-refractivity contribution in [2.24, 2.45) is 5.73 Å². The third kappa shape index (κ3) is 3.37. The molecule has 0 saturated heterocycles. The lowest BCUT2D eigenvalue weighted by Gasteiger charge is -2.08. The molecule has 0 radical (unpaired) electrons. The van der Waals surface area contributed by atoms with E-state index in [1.165, 1.54) is 5.56 Å². The minimum Gasteiger partial charge on any atom is -0.328 e. The van der Waals surface area contributed by atoms with E-state index < -0.39 is 0 Å². The molecule has 0 heterocycles. The Hall–Kier alpha value is -0.530. The van der Waals surface area contributed by atoms with Crippen LogP contribution >= 0.6 is 11.6 Å². The summed E-state index contributed by atoms with van der Waals surface area (Å²) >= 11 is 6.01. The second-order valence-electron chi connectivity index (χ2n) is 3.30. The number of benzene rings is 1. The second kappa shape index (κ2) is 5.25. The van der Waals surface area contributed by atoms with Crippen LogP contribution < -0.4 is 5.73 Å². The highest BCUT2D eigenvalue weighted by molar-refractivity contribution is 6.31. The maximum Gasteiger partial charge on any atom is 0.0437 e. The molecule has 0 amide bonds. The summed E-state index contributed by atoms with van der Waals surface area (Å²) in [5.74, 6) is 0. The van der Waals surface area contributed by atoms with Gasteiger partial charge in [0.1, 0.15) is 0 Å². The highest BCUT2D eigenvalue weighted by Gasteiger charge is 2.02. The fourth-order valence-electron chi connectivity index (χ4n) is 1.25. The molecular weight excluding hydrogens is 182 g/mol. The summed E-state index contributed by atoms with van der Waals surface area (Å²) in [5, 5.41) is 0.853. The number of hydrogen-bond acceptors (Lipinski definition) is 1. The fraction of sp³-hybridized carbons (Fsp3) is 0.455. The molecule has 1 unspecified atom stereocenters. The molecule has 0 saturated carbocycles. The van der Waals surface area contributed by atoms with Crippen molar-refractivity contribution in [2.75, 3.05) is 0 Å². The zero-order valence-corrected chi connectivity index (χ0v) is 8.72. The van der Waals surface area contributed by atoms with Crippen molar-refractivity contribution in [3.05, 3.63) is 34.9 Å². The first-order valence-electron chi connectivity index (χ1n) is 4.73. The van der Waals surface area contributed by atoms with Crippen molar-refractivity contribution >= 4 is 11.6 Å². The lowest BCUT2D eigenvalue weighted by molar-refractivity contribution is 0.596. The Bertz CT molecular complexity index is 260. The standard InChI is InChI=1S/C11H16ClN/c1-2-10(13)8-7-9-5-3-4-6-11(9)12/h3-6,10H,2,7-8,13H2,1H3. The molecular formula is C11H16ClN. The second-order valence-corrected chi connectivity index (χ2v) is 3.71. The van der Waals surface area contributed by atoms with Crippen LogP contribution in [0.1, 0.15) is 25.3 Å². The molecule has 0 bridgehead atoms. The lowest BCUT2D eigenvalue weighted by atomic mass is 10.0. The first-order chi connectivity index (χ1) is 6.24. The van der Waals surface area contributed by atoms with E-state index in [0.717, 1.165) is 24.3 Å². The van der Waals surface area contributed by atoms with Crippen molar-refractivity contribution in [2.45, 2.75) is 32.2 Å². The van der Waals surface area contributed by atoms with Crippen molar-refractivity contribution in [1.29, 1.82) is 0 Å². The van der Waals surface area contributed by atoms with Gasteiger partial charge in [-0.05, 0) is 30.9 Å². The van der Waals surface area contributed by atoms with Gasteiger partial charge in [-0.2, -0.15) is 0 Å². The van der Waals surface area contributed by atoms with E-state index in [0.29, 0.717) is 6.04 Å². The molecule has 1 atom stereocenters. The Morgan fingerprint density at radius 1 is 1.38 bits per heavy atom. The van der Waals surface area contributed by atoms with Crippen LogP contribution in [-0.2, 0) is 6.42 Å². The normalized spacial score (nSPS) is 12.8. The lowest BCUT2D eigenvalue weighted by Crippen LogP contribution is -2.19. The van der Waals surface area contributed by atoms with Crippen molar-refractivity contribution in [3.63, 3.8) is 0 Å². The van der Waals surface area contributed by atoms with E-state index in [2.05, 4.69) is 13.0 Å². The van der Waals surface area contributed by atoms with Gasteiger partial charge in [-0.3, -0.25) is 0 Å². The van der Waals surface area contributed by atoms with Gasteiger partial charge in [0.2, 0.25) is 0 Å². The first kappa shape index (κ1) is 10.6. The summed E-state index contributed by atoms with van der Waals surface area (Å²) < 4.78 is 0. The van der Waals surface area contributed by atoms with Gasteiger partial charge in [0.05, 0.1) is 0 Å². The Labute approximate surface area is 84.9 Å². The van der Waals surface area contributed by atoms with Crippen LogP contribution in [0.25, 0.3) is 0 Å². The minimum atomic E-state index is 0.302. The first-order valence-corrected chi connectivity index (χ1v) is 5.10. The quantitative estimate of drug-likeness (QED) is 0.789. The van der Waals surface area contributed by atoms with Gasteiger partial charge in [0, 0.05) is 11.1 Å². The Morgan fingerprint density at radius 3 is 2.69 bits per heavy atom. The minimum absolute atomic E-state index is 0.302. The number of halogens is 1. The SMILES string of the molecule is CCC(N)CCc1ccccc1Cl. The molecule has 0 aliphatic rings. The van der Waals surface area contributed by atoms with Crippen molar-refractivity contribution in [1.82, 2.24) is 0 Å². The van der Waals surface area contributed by atoms with Crippen LogP contribution in [-0.4, -0.2) is 6.04 Å². The molecule has 72 valence electrons. The molecule has 0 aliphatic carbocycles. The maximum atomic E-state index is 6.01. The van der Waals surface area contributed by atoms with Gasteiger partial charge in [0.25, 0.3) is 0 Å². The van der Waals surface area contributed by atoms with Crippen molar-refractivity contribution in [3.8, 4) is 0 Å². The summed E-state index contributed by atoms with van der Waals surface area (Å²) in [5.41, 5.74) is 7.03. The number of nitrogens with two attached hydrogens (primary N) is 1. The average molecular weight is 198 g/mol. The molecule has 1 rings (SSSR count). The van der Waals surface area contributed by atoms with E-state index in [4.69, 9.17) is 17.3 Å². The third-order valence-electron chi connectivity index (χ3n) is 2.27. The Morgan fingerprint density at radius 2 is 2.08 bits per heavy atom. The summed E-state index contributed by atoms with van der Waals surface area (Å²) in [6, 6.07) is 8.25. The zero-order valence-electron chi connectivity index (χ0n) is 7.96. The smallest absolute Gasteiger partial charge is 0.0437 e. The van der Waals surface area contributed by atoms with Crippen molar-refractivity contribution < 1.29 is 0 Å². The van der Waals surface area contributed by atoms with Gasteiger partial charge in [-0.1, -0.05) is 36.7 Å². The van der Waals surface area contributed by atoms with Gasteiger partial charge in [-0.25, -0.2) is 0 Å². The van der Waals surface area contributed by atoms with Gasteiger partial charge >= 0.3 is 0 Å². The summed E-state index contributed by atoms with van der Waals surface area (Å²) in [7, 11) is 0. The Kier molecular flexibility index (Phi) is 4.26. The molecule has 2 heteroatoms. The van der Waals surface area contributed by atoms with E-state index in [1.807, 2.05) is 18.2 Å². The van der Waals surface area contributed by atoms with Gasteiger partial charge in [-0.15, -0.1) is 0 Å². The average Bonchev–Trinajstić information content (AvgIpc) is 2.16. The van der Waals surface area contributed by atoms with E-state index in [9.17, 15) is 0 Å². The van der Waals surface area contributed by atoms with Crippen LogP contribution in [0, 0.1) is 0 Å².